The molecule has 0 saturated carbocycles. The topological polar surface area (TPSA) is 67.2 Å². The van der Waals surface area contributed by atoms with E-state index in [2.05, 4.69) is 10.4 Å². The molecule has 116 valence electrons. The molecule has 2 unspecified atom stereocenters. The van der Waals surface area contributed by atoms with E-state index in [9.17, 15) is 9.59 Å². The van der Waals surface area contributed by atoms with Crippen molar-refractivity contribution < 1.29 is 9.59 Å². The second-order valence-electron chi connectivity index (χ2n) is 5.80. The number of hydrogen-bond acceptors (Lipinski definition) is 3. The molecular weight excluding hydrogens is 268 g/mol. The molecule has 2 amide bonds. The van der Waals surface area contributed by atoms with Gasteiger partial charge in [-0.1, -0.05) is 27.2 Å². The fourth-order valence-corrected chi connectivity index (χ4v) is 2.76. The minimum Gasteiger partial charge on any atom is -0.342 e. The van der Waals surface area contributed by atoms with Crippen LogP contribution in [-0.4, -0.2) is 33.7 Å². The highest BCUT2D eigenvalue weighted by atomic mass is 16.2. The summed E-state index contributed by atoms with van der Waals surface area (Å²) in [5, 5.41) is 7.09. The Kier molecular flexibility index (Phi) is 4.65. The lowest BCUT2D eigenvalue weighted by atomic mass is 9.95. The zero-order valence-electron chi connectivity index (χ0n) is 13.2. The van der Waals surface area contributed by atoms with Gasteiger partial charge in [-0.15, -0.1) is 0 Å². The summed E-state index contributed by atoms with van der Waals surface area (Å²) in [4.78, 5) is 26.8. The molecule has 6 heteroatoms. The Bertz CT molecular complexity index is 523. The van der Waals surface area contributed by atoms with Crippen LogP contribution < -0.4 is 10.2 Å². The van der Waals surface area contributed by atoms with Crippen LogP contribution in [0.1, 0.15) is 40.5 Å². The third-order valence-corrected chi connectivity index (χ3v) is 3.83. The summed E-state index contributed by atoms with van der Waals surface area (Å²) in [6.45, 7) is 8.64. The fraction of sp³-hybridized carbons (Fsp3) is 0.667. The van der Waals surface area contributed by atoms with Crippen LogP contribution in [0.25, 0.3) is 0 Å². The maximum absolute atomic E-state index is 12.7. The molecule has 0 radical (unpaired) electrons. The summed E-state index contributed by atoms with van der Waals surface area (Å²) in [5.41, 5.74) is 0.705. The average molecular weight is 292 g/mol. The SMILES string of the molecule is CCCC1NC(=O)C(C(C)C)N(c2cnn(CC)c2)C1=O. The number of anilines is 1. The largest absolute Gasteiger partial charge is 0.342 e. The zero-order valence-corrected chi connectivity index (χ0v) is 13.2. The van der Waals surface area contributed by atoms with Gasteiger partial charge in [0.2, 0.25) is 11.8 Å². The quantitative estimate of drug-likeness (QED) is 0.895. The van der Waals surface area contributed by atoms with E-state index < -0.39 is 12.1 Å². The molecule has 0 bridgehead atoms. The highest BCUT2D eigenvalue weighted by Crippen LogP contribution is 2.26. The first-order chi connectivity index (χ1) is 9.99. The summed E-state index contributed by atoms with van der Waals surface area (Å²) in [7, 11) is 0. The number of nitrogens with one attached hydrogen (secondary N) is 1. The van der Waals surface area contributed by atoms with E-state index in [1.807, 2.05) is 33.9 Å². The van der Waals surface area contributed by atoms with Gasteiger partial charge in [0.25, 0.3) is 0 Å². The van der Waals surface area contributed by atoms with Gasteiger partial charge in [-0.05, 0) is 19.3 Å². The predicted octanol–water partition coefficient (Wildman–Crippen LogP) is 1.56. The summed E-state index contributed by atoms with van der Waals surface area (Å²) in [6, 6.07) is -0.900. The molecule has 0 aromatic carbocycles. The molecule has 1 aromatic heterocycles. The number of rotatable bonds is 5. The Morgan fingerprint density at radius 2 is 2.05 bits per heavy atom. The lowest BCUT2D eigenvalue weighted by Crippen LogP contribution is -2.65. The number of hydrogen-bond donors (Lipinski definition) is 1. The first-order valence-corrected chi connectivity index (χ1v) is 7.65. The van der Waals surface area contributed by atoms with Crippen LogP contribution in [0.4, 0.5) is 5.69 Å². The molecule has 0 spiro atoms. The number of carbonyl (C=O) groups excluding carboxylic acids is 2. The molecule has 1 saturated heterocycles. The molecule has 2 rings (SSSR count). The molecule has 1 aliphatic heterocycles. The van der Waals surface area contributed by atoms with E-state index in [4.69, 9.17) is 0 Å². The summed E-state index contributed by atoms with van der Waals surface area (Å²) >= 11 is 0. The fourth-order valence-electron chi connectivity index (χ4n) is 2.76. The van der Waals surface area contributed by atoms with Gasteiger partial charge in [0.05, 0.1) is 11.9 Å². The molecule has 1 N–H and O–H groups in total. The van der Waals surface area contributed by atoms with Crippen molar-refractivity contribution in [3.05, 3.63) is 12.4 Å². The number of piperazine rings is 1. The van der Waals surface area contributed by atoms with E-state index in [-0.39, 0.29) is 17.7 Å². The van der Waals surface area contributed by atoms with E-state index in [0.29, 0.717) is 12.1 Å². The van der Waals surface area contributed by atoms with Crippen molar-refractivity contribution in [3.8, 4) is 0 Å². The van der Waals surface area contributed by atoms with E-state index in [1.165, 1.54) is 0 Å². The molecule has 1 aromatic rings. The molecule has 1 fully saturated rings. The second kappa shape index (κ2) is 6.28. The van der Waals surface area contributed by atoms with Gasteiger partial charge in [0.15, 0.2) is 0 Å². The van der Waals surface area contributed by atoms with Crippen molar-refractivity contribution in [3.63, 3.8) is 0 Å². The smallest absolute Gasteiger partial charge is 0.250 e. The highest BCUT2D eigenvalue weighted by Gasteiger charge is 2.42. The van der Waals surface area contributed by atoms with E-state index in [0.717, 1.165) is 13.0 Å². The Hall–Kier alpha value is -1.85. The van der Waals surface area contributed by atoms with Gasteiger partial charge in [0.1, 0.15) is 12.1 Å². The molecule has 2 atom stereocenters. The number of aryl methyl sites for hydroxylation is 1. The third-order valence-electron chi connectivity index (χ3n) is 3.83. The maximum Gasteiger partial charge on any atom is 0.250 e. The Morgan fingerprint density at radius 1 is 1.33 bits per heavy atom. The molecule has 6 nitrogen and oxygen atoms in total. The Morgan fingerprint density at radius 3 is 2.57 bits per heavy atom. The number of amides is 2. The number of aromatic nitrogens is 2. The minimum atomic E-state index is -0.472. The highest BCUT2D eigenvalue weighted by molar-refractivity contribution is 6.08. The van der Waals surface area contributed by atoms with Gasteiger partial charge in [-0.2, -0.15) is 5.10 Å². The Labute approximate surface area is 125 Å². The van der Waals surface area contributed by atoms with Crippen LogP contribution in [0, 0.1) is 5.92 Å². The molecule has 21 heavy (non-hydrogen) atoms. The maximum atomic E-state index is 12.7. The van der Waals surface area contributed by atoms with Crippen molar-refractivity contribution in [2.75, 3.05) is 4.90 Å². The van der Waals surface area contributed by atoms with Crippen molar-refractivity contribution in [1.29, 1.82) is 0 Å². The van der Waals surface area contributed by atoms with Crippen LogP contribution in [0.15, 0.2) is 12.4 Å². The third kappa shape index (κ3) is 2.94. The second-order valence-corrected chi connectivity index (χ2v) is 5.80. The zero-order chi connectivity index (χ0) is 15.6. The average Bonchev–Trinajstić information content (AvgIpc) is 2.90. The van der Waals surface area contributed by atoms with E-state index >= 15 is 0 Å². The number of nitrogens with zero attached hydrogens (tertiary/aromatic N) is 3. The van der Waals surface area contributed by atoms with Crippen LogP contribution in [-0.2, 0) is 16.1 Å². The van der Waals surface area contributed by atoms with Gasteiger partial charge in [0, 0.05) is 12.7 Å². The van der Waals surface area contributed by atoms with Crippen LogP contribution in [0.2, 0.25) is 0 Å². The lowest BCUT2D eigenvalue weighted by molar-refractivity contribution is -0.135. The van der Waals surface area contributed by atoms with Crippen LogP contribution in [0.5, 0.6) is 0 Å². The normalized spacial score (nSPS) is 22.8. The molecule has 2 heterocycles. The van der Waals surface area contributed by atoms with Crippen LogP contribution in [0.3, 0.4) is 0 Å². The molecular formula is C15H24N4O2. The standard InChI is InChI=1S/C15H24N4O2/c1-5-7-12-15(21)19(11-8-16-18(6-2)9-11)13(10(3)4)14(20)17-12/h8-10,12-13H,5-7H2,1-4H3,(H,17,20). The van der Waals surface area contributed by atoms with Crippen molar-refractivity contribution in [2.24, 2.45) is 5.92 Å². The molecule has 1 aliphatic rings. The van der Waals surface area contributed by atoms with E-state index in [1.54, 1.807) is 15.8 Å². The monoisotopic (exact) mass is 292 g/mol. The minimum absolute atomic E-state index is 0.0363. The predicted molar refractivity (Wildman–Crippen MR) is 80.9 cm³/mol. The molecule has 0 aliphatic carbocycles. The lowest BCUT2D eigenvalue weighted by Gasteiger charge is -2.40. The van der Waals surface area contributed by atoms with Gasteiger partial charge >= 0.3 is 0 Å². The summed E-state index contributed by atoms with van der Waals surface area (Å²) in [6.07, 6.45) is 5.01. The first-order valence-electron chi connectivity index (χ1n) is 7.65. The van der Waals surface area contributed by atoms with Crippen LogP contribution >= 0.6 is 0 Å². The van der Waals surface area contributed by atoms with Gasteiger partial charge in [-0.25, -0.2) is 0 Å². The summed E-state index contributed by atoms with van der Waals surface area (Å²) in [5.74, 6) is -0.0698. The summed E-state index contributed by atoms with van der Waals surface area (Å²) < 4.78 is 1.77. The Balaban J connectivity index is 2.38. The van der Waals surface area contributed by atoms with Crippen molar-refractivity contribution in [2.45, 2.75) is 59.2 Å². The number of carbonyl (C=O) groups is 2. The van der Waals surface area contributed by atoms with Crippen molar-refractivity contribution >= 4 is 17.5 Å². The van der Waals surface area contributed by atoms with Gasteiger partial charge in [-0.3, -0.25) is 19.2 Å². The first kappa shape index (κ1) is 15.5. The van der Waals surface area contributed by atoms with Gasteiger partial charge < -0.3 is 5.32 Å². The van der Waals surface area contributed by atoms with Crippen molar-refractivity contribution in [1.82, 2.24) is 15.1 Å².